The van der Waals surface area contributed by atoms with Gasteiger partial charge in [0.25, 0.3) is 0 Å². The SMILES string of the molecule is COc1ccc(Oc2ccc(CNC(=O)C3(CC(=O)c4nccs4)CC3)cc2)c(C(F)(F)F)c1. The number of ketones is 1. The van der Waals surface area contributed by atoms with Crippen molar-refractivity contribution >= 4 is 23.0 Å². The predicted octanol–water partition coefficient (Wildman–Crippen LogP) is 5.63. The Morgan fingerprint density at radius 3 is 2.41 bits per heavy atom. The van der Waals surface area contributed by atoms with Crippen LogP contribution in [0.2, 0.25) is 0 Å². The molecule has 4 rings (SSSR count). The number of thiazole rings is 1. The van der Waals surface area contributed by atoms with Crippen LogP contribution in [0, 0.1) is 5.41 Å². The van der Waals surface area contributed by atoms with Gasteiger partial charge in [-0.3, -0.25) is 9.59 Å². The molecular weight excluding hydrogens is 469 g/mol. The fraction of sp³-hybridized carbons (Fsp3) is 0.292. The van der Waals surface area contributed by atoms with Gasteiger partial charge in [-0.05, 0) is 48.7 Å². The van der Waals surface area contributed by atoms with E-state index in [4.69, 9.17) is 9.47 Å². The summed E-state index contributed by atoms with van der Waals surface area (Å²) in [4.78, 5) is 29.0. The normalized spacial score (nSPS) is 14.4. The van der Waals surface area contributed by atoms with Gasteiger partial charge in [0.15, 0.2) is 10.8 Å². The molecule has 10 heteroatoms. The van der Waals surface area contributed by atoms with Crippen LogP contribution in [0.1, 0.15) is 40.2 Å². The highest BCUT2D eigenvalue weighted by molar-refractivity contribution is 7.11. The van der Waals surface area contributed by atoms with Crippen LogP contribution in [0.5, 0.6) is 17.2 Å². The summed E-state index contributed by atoms with van der Waals surface area (Å²) < 4.78 is 50.4. The van der Waals surface area contributed by atoms with Crippen LogP contribution < -0.4 is 14.8 Å². The smallest absolute Gasteiger partial charge is 0.420 e. The summed E-state index contributed by atoms with van der Waals surface area (Å²) in [6, 6.07) is 9.86. The van der Waals surface area contributed by atoms with Crippen molar-refractivity contribution < 1.29 is 32.2 Å². The molecule has 0 aliphatic heterocycles. The second-order valence-electron chi connectivity index (χ2n) is 8.01. The van der Waals surface area contributed by atoms with Crippen molar-refractivity contribution in [2.45, 2.75) is 32.0 Å². The first kappa shape index (κ1) is 23.7. The van der Waals surface area contributed by atoms with Gasteiger partial charge in [0.05, 0.1) is 12.5 Å². The monoisotopic (exact) mass is 490 g/mol. The van der Waals surface area contributed by atoms with Crippen LogP contribution in [-0.2, 0) is 17.5 Å². The van der Waals surface area contributed by atoms with Crippen LogP contribution in [-0.4, -0.2) is 23.8 Å². The Morgan fingerprint density at radius 2 is 1.82 bits per heavy atom. The number of hydrogen-bond donors (Lipinski definition) is 1. The molecule has 34 heavy (non-hydrogen) atoms. The number of benzene rings is 2. The second-order valence-corrected chi connectivity index (χ2v) is 8.90. The van der Waals surface area contributed by atoms with Gasteiger partial charge in [-0.15, -0.1) is 11.3 Å². The molecular formula is C24H21F3N2O4S. The number of alkyl halides is 3. The largest absolute Gasteiger partial charge is 0.497 e. The van der Waals surface area contributed by atoms with Crippen LogP contribution in [0.4, 0.5) is 13.2 Å². The number of nitrogens with zero attached hydrogens (tertiary/aromatic N) is 1. The molecule has 3 aromatic rings. The quantitative estimate of drug-likeness (QED) is 0.393. The number of amides is 1. The zero-order valence-corrected chi connectivity index (χ0v) is 19.0. The summed E-state index contributed by atoms with van der Waals surface area (Å²) >= 11 is 1.25. The van der Waals surface area contributed by atoms with Gasteiger partial charge in [-0.1, -0.05) is 12.1 Å². The molecule has 0 spiro atoms. The minimum Gasteiger partial charge on any atom is -0.497 e. The first-order valence-electron chi connectivity index (χ1n) is 10.4. The van der Waals surface area contributed by atoms with Crippen molar-refractivity contribution in [2.75, 3.05) is 7.11 Å². The number of hydrogen-bond acceptors (Lipinski definition) is 6. The van der Waals surface area contributed by atoms with Crippen molar-refractivity contribution in [1.82, 2.24) is 10.3 Å². The number of methoxy groups -OCH3 is 1. The van der Waals surface area contributed by atoms with Gasteiger partial charge in [0, 0.05) is 24.5 Å². The van der Waals surface area contributed by atoms with Gasteiger partial charge >= 0.3 is 6.18 Å². The minimum atomic E-state index is -4.60. The Morgan fingerprint density at radius 1 is 1.12 bits per heavy atom. The molecule has 1 heterocycles. The van der Waals surface area contributed by atoms with E-state index in [0.29, 0.717) is 17.8 Å². The number of aromatic nitrogens is 1. The van der Waals surface area contributed by atoms with Gasteiger partial charge in [-0.2, -0.15) is 13.2 Å². The standard InChI is InChI=1S/C24H21F3N2O4S/c1-32-17-6-7-20(18(12-17)24(25,26)27)33-16-4-2-15(3-5-16)14-29-22(31)23(8-9-23)13-19(30)21-28-10-11-34-21/h2-7,10-12H,8-9,13-14H2,1H3,(H,29,31). The first-order chi connectivity index (χ1) is 16.2. The number of rotatable bonds is 9. The lowest BCUT2D eigenvalue weighted by Crippen LogP contribution is -2.33. The molecule has 0 unspecified atom stereocenters. The molecule has 1 amide bonds. The average molecular weight is 491 g/mol. The summed E-state index contributed by atoms with van der Waals surface area (Å²) in [7, 11) is 1.29. The van der Waals surface area contributed by atoms with E-state index in [2.05, 4.69) is 10.3 Å². The molecule has 2 aromatic carbocycles. The fourth-order valence-electron chi connectivity index (χ4n) is 3.50. The average Bonchev–Trinajstić information content (AvgIpc) is 3.38. The molecule has 0 atom stereocenters. The van der Waals surface area contributed by atoms with E-state index >= 15 is 0 Å². The van der Waals surface area contributed by atoms with Gasteiger partial charge < -0.3 is 14.8 Å². The van der Waals surface area contributed by atoms with Crippen molar-refractivity contribution in [3.8, 4) is 17.2 Å². The van der Waals surface area contributed by atoms with Crippen LogP contribution >= 0.6 is 11.3 Å². The van der Waals surface area contributed by atoms with Gasteiger partial charge in [-0.25, -0.2) is 4.98 Å². The van der Waals surface area contributed by atoms with E-state index in [1.165, 1.54) is 42.7 Å². The number of nitrogens with one attached hydrogen (secondary N) is 1. The highest BCUT2D eigenvalue weighted by Crippen LogP contribution is 2.49. The molecule has 0 radical (unpaired) electrons. The lowest BCUT2D eigenvalue weighted by molar-refractivity contribution is -0.138. The van der Waals surface area contributed by atoms with Crippen LogP contribution in [0.15, 0.2) is 54.0 Å². The Hall–Kier alpha value is -3.40. The maximum atomic E-state index is 13.4. The zero-order chi connectivity index (χ0) is 24.3. The molecule has 1 saturated carbocycles. The second kappa shape index (κ2) is 9.46. The van der Waals surface area contributed by atoms with Crippen molar-refractivity contribution in [2.24, 2.45) is 5.41 Å². The molecule has 178 valence electrons. The summed E-state index contributed by atoms with van der Waals surface area (Å²) in [5, 5.41) is 4.98. The van der Waals surface area contributed by atoms with Crippen molar-refractivity contribution in [3.63, 3.8) is 0 Å². The van der Waals surface area contributed by atoms with Gasteiger partial charge in [0.1, 0.15) is 22.8 Å². The van der Waals surface area contributed by atoms with E-state index in [1.54, 1.807) is 23.7 Å². The lowest BCUT2D eigenvalue weighted by atomic mass is 9.98. The fourth-order valence-corrected chi connectivity index (χ4v) is 4.07. The molecule has 1 aliphatic rings. The molecule has 0 bridgehead atoms. The third-order valence-electron chi connectivity index (χ3n) is 5.60. The number of carbonyl (C=O) groups excluding carboxylic acids is 2. The number of Topliss-reactive ketones (excluding diaryl/α,β-unsaturated/α-hetero) is 1. The van der Waals surface area contributed by atoms with E-state index in [0.717, 1.165) is 11.6 Å². The van der Waals surface area contributed by atoms with E-state index in [1.807, 2.05) is 0 Å². The number of ether oxygens (including phenoxy) is 2. The van der Waals surface area contributed by atoms with E-state index in [-0.39, 0.29) is 41.9 Å². The number of halogens is 3. The lowest BCUT2D eigenvalue weighted by Gasteiger charge is -2.16. The highest BCUT2D eigenvalue weighted by Gasteiger charge is 2.51. The third kappa shape index (κ3) is 5.39. The highest BCUT2D eigenvalue weighted by atomic mass is 32.1. The maximum Gasteiger partial charge on any atom is 0.420 e. The minimum absolute atomic E-state index is 0.0764. The van der Waals surface area contributed by atoms with Gasteiger partial charge in [0.2, 0.25) is 5.91 Å². The summed E-state index contributed by atoms with van der Waals surface area (Å²) in [5.74, 6) is -0.368. The molecule has 1 N–H and O–H groups in total. The molecule has 0 saturated heterocycles. The predicted molar refractivity (Wildman–Crippen MR) is 119 cm³/mol. The van der Waals surface area contributed by atoms with Crippen molar-refractivity contribution in [1.29, 1.82) is 0 Å². The summed E-state index contributed by atoms with van der Waals surface area (Å²) in [6.45, 7) is 0.225. The Kier molecular flexibility index (Phi) is 6.60. The third-order valence-corrected chi connectivity index (χ3v) is 6.42. The maximum absolute atomic E-state index is 13.4. The Balaban J connectivity index is 1.36. The zero-order valence-electron chi connectivity index (χ0n) is 18.1. The van der Waals surface area contributed by atoms with E-state index < -0.39 is 17.2 Å². The summed E-state index contributed by atoms with van der Waals surface area (Å²) in [6.07, 6.45) is -1.63. The Bertz CT molecular complexity index is 1170. The topological polar surface area (TPSA) is 77.5 Å². The summed E-state index contributed by atoms with van der Waals surface area (Å²) in [5.41, 5.74) is -0.882. The van der Waals surface area contributed by atoms with Crippen LogP contribution in [0.25, 0.3) is 0 Å². The molecule has 1 aliphatic carbocycles. The van der Waals surface area contributed by atoms with Crippen LogP contribution in [0.3, 0.4) is 0 Å². The number of carbonyl (C=O) groups is 2. The molecule has 1 fully saturated rings. The van der Waals surface area contributed by atoms with Crippen molar-refractivity contribution in [3.05, 3.63) is 70.2 Å². The molecule has 1 aromatic heterocycles. The molecule has 6 nitrogen and oxygen atoms in total. The first-order valence-corrected chi connectivity index (χ1v) is 11.3. The van der Waals surface area contributed by atoms with E-state index in [9.17, 15) is 22.8 Å². The Labute approximate surface area is 197 Å².